The summed E-state index contributed by atoms with van der Waals surface area (Å²) in [6, 6.07) is 3.82. The molecule has 1 saturated carbocycles. The van der Waals surface area contributed by atoms with E-state index in [4.69, 9.17) is 11.6 Å². The molecule has 5 heteroatoms. The summed E-state index contributed by atoms with van der Waals surface area (Å²) in [7, 11) is 0. The zero-order valence-electron chi connectivity index (χ0n) is 11.3. The monoisotopic (exact) mass is 289 g/mol. The quantitative estimate of drug-likeness (QED) is 0.810. The second kappa shape index (κ2) is 5.37. The molecule has 0 spiro atoms. The fourth-order valence-corrected chi connectivity index (χ4v) is 3.09. The van der Waals surface area contributed by atoms with Gasteiger partial charge in [-0.15, -0.1) is 0 Å². The van der Waals surface area contributed by atoms with Gasteiger partial charge >= 0.3 is 0 Å². The van der Waals surface area contributed by atoms with Crippen LogP contribution in [0.4, 0.5) is 0 Å². The Morgan fingerprint density at radius 2 is 2.15 bits per heavy atom. The Kier molecular flexibility index (Phi) is 3.57. The summed E-state index contributed by atoms with van der Waals surface area (Å²) in [5.41, 5.74) is 2.42. The third-order valence-corrected chi connectivity index (χ3v) is 4.23. The van der Waals surface area contributed by atoms with E-state index in [0.717, 1.165) is 30.4 Å². The first-order chi connectivity index (χ1) is 9.70. The SMILES string of the molecule is Cc1ccnc(-n2nc(C3CCCC3)c(C=O)c2Cl)c1. The van der Waals surface area contributed by atoms with E-state index in [0.29, 0.717) is 22.5 Å². The number of hydrogen-bond donors (Lipinski definition) is 0. The molecule has 104 valence electrons. The molecule has 0 aromatic carbocycles. The predicted octanol–water partition coefficient (Wildman–Crippen LogP) is 3.70. The van der Waals surface area contributed by atoms with Crippen molar-refractivity contribution in [1.29, 1.82) is 0 Å². The van der Waals surface area contributed by atoms with Gasteiger partial charge in [0.1, 0.15) is 5.15 Å². The van der Waals surface area contributed by atoms with Gasteiger partial charge in [-0.1, -0.05) is 24.4 Å². The van der Waals surface area contributed by atoms with Crippen LogP contribution in [-0.2, 0) is 0 Å². The fraction of sp³-hybridized carbons (Fsp3) is 0.400. The summed E-state index contributed by atoms with van der Waals surface area (Å²) in [5.74, 6) is 1.00. The molecule has 0 radical (unpaired) electrons. The molecule has 20 heavy (non-hydrogen) atoms. The summed E-state index contributed by atoms with van der Waals surface area (Å²) in [4.78, 5) is 15.6. The maximum Gasteiger partial charge on any atom is 0.155 e. The number of carbonyl (C=O) groups excluding carboxylic acids is 1. The van der Waals surface area contributed by atoms with E-state index < -0.39 is 0 Å². The number of pyridine rings is 1. The van der Waals surface area contributed by atoms with Crippen molar-refractivity contribution in [2.24, 2.45) is 0 Å². The normalized spacial score (nSPS) is 15.7. The largest absolute Gasteiger partial charge is 0.298 e. The van der Waals surface area contributed by atoms with E-state index in [2.05, 4.69) is 10.1 Å². The lowest BCUT2D eigenvalue weighted by molar-refractivity contribution is 0.112. The zero-order chi connectivity index (χ0) is 14.1. The van der Waals surface area contributed by atoms with Crippen molar-refractivity contribution in [3.8, 4) is 5.82 Å². The first-order valence-corrected chi connectivity index (χ1v) is 7.25. The van der Waals surface area contributed by atoms with Crippen LogP contribution in [-0.4, -0.2) is 21.1 Å². The first kappa shape index (κ1) is 13.3. The van der Waals surface area contributed by atoms with Crippen molar-refractivity contribution in [2.45, 2.75) is 38.5 Å². The van der Waals surface area contributed by atoms with Crippen LogP contribution in [0.15, 0.2) is 18.3 Å². The lowest BCUT2D eigenvalue weighted by atomic mass is 10.0. The maximum atomic E-state index is 11.4. The van der Waals surface area contributed by atoms with Crippen molar-refractivity contribution in [3.05, 3.63) is 40.3 Å². The van der Waals surface area contributed by atoms with Gasteiger partial charge in [0.15, 0.2) is 12.1 Å². The van der Waals surface area contributed by atoms with E-state index in [1.54, 1.807) is 10.9 Å². The van der Waals surface area contributed by atoms with Crippen LogP contribution in [0.25, 0.3) is 5.82 Å². The Labute approximate surface area is 122 Å². The van der Waals surface area contributed by atoms with E-state index in [9.17, 15) is 4.79 Å². The molecule has 2 aromatic rings. The highest BCUT2D eigenvalue weighted by Crippen LogP contribution is 2.37. The molecular weight excluding hydrogens is 274 g/mol. The Morgan fingerprint density at radius 3 is 2.80 bits per heavy atom. The molecule has 0 N–H and O–H groups in total. The van der Waals surface area contributed by atoms with Gasteiger partial charge in [-0.05, 0) is 37.5 Å². The van der Waals surface area contributed by atoms with E-state index >= 15 is 0 Å². The van der Waals surface area contributed by atoms with Gasteiger partial charge in [0.2, 0.25) is 0 Å². The van der Waals surface area contributed by atoms with Crippen LogP contribution in [0.2, 0.25) is 5.15 Å². The predicted molar refractivity (Wildman–Crippen MR) is 77.7 cm³/mol. The van der Waals surface area contributed by atoms with Crippen LogP contribution in [0.1, 0.15) is 53.2 Å². The molecule has 3 rings (SSSR count). The molecule has 0 unspecified atom stereocenters. The minimum Gasteiger partial charge on any atom is -0.298 e. The average Bonchev–Trinajstić information content (AvgIpc) is 3.05. The van der Waals surface area contributed by atoms with Gasteiger partial charge in [-0.25, -0.2) is 9.67 Å². The van der Waals surface area contributed by atoms with E-state index in [1.807, 2.05) is 19.1 Å². The van der Waals surface area contributed by atoms with Crippen molar-refractivity contribution >= 4 is 17.9 Å². The highest BCUT2D eigenvalue weighted by atomic mass is 35.5. The van der Waals surface area contributed by atoms with Gasteiger partial charge in [0, 0.05) is 12.1 Å². The lowest BCUT2D eigenvalue weighted by Crippen LogP contribution is -2.02. The van der Waals surface area contributed by atoms with Gasteiger partial charge in [-0.3, -0.25) is 4.79 Å². The summed E-state index contributed by atoms with van der Waals surface area (Å²) in [6.45, 7) is 1.99. The van der Waals surface area contributed by atoms with E-state index in [1.165, 1.54) is 12.8 Å². The van der Waals surface area contributed by atoms with Gasteiger partial charge < -0.3 is 0 Å². The molecular formula is C15H16ClN3O. The minimum atomic E-state index is 0.346. The van der Waals surface area contributed by atoms with Crippen molar-refractivity contribution in [3.63, 3.8) is 0 Å². The van der Waals surface area contributed by atoms with Crippen LogP contribution < -0.4 is 0 Å². The third kappa shape index (κ3) is 2.24. The Morgan fingerprint density at radius 1 is 1.40 bits per heavy atom. The average molecular weight is 290 g/mol. The zero-order valence-corrected chi connectivity index (χ0v) is 12.1. The Bertz CT molecular complexity index is 645. The molecule has 2 aromatic heterocycles. The van der Waals surface area contributed by atoms with Crippen LogP contribution in [0.5, 0.6) is 0 Å². The van der Waals surface area contributed by atoms with Crippen molar-refractivity contribution < 1.29 is 4.79 Å². The number of nitrogens with zero attached hydrogens (tertiary/aromatic N) is 3. The highest BCUT2D eigenvalue weighted by Gasteiger charge is 2.26. The summed E-state index contributed by atoms with van der Waals surface area (Å²) >= 11 is 6.32. The third-order valence-electron chi connectivity index (χ3n) is 3.87. The van der Waals surface area contributed by atoms with Crippen molar-refractivity contribution in [2.75, 3.05) is 0 Å². The van der Waals surface area contributed by atoms with E-state index in [-0.39, 0.29) is 0 Å². The highest BCUT2D eigenvalue weighted by molar-refractivity contribution is 6.32. The van der Waals surface area contributed by atoms with Crippen LogP contribution >= 0.6 is 11.6 Å². The number of aromatic nitrogens is 3. The van der Waals surface area contributed by atoms with Crippen molar-refractivity contribution in [1.82, 2.24) is 14.8 Å². The molecule has 1 aliphatic rings. The second-order valence-electron chi connectivity index (χ2n) is 5.29. The van der Waals surface area contributed by atoms with Crippen LogP contribution in [0, 0.1) is 6.92 Å². The molecule has 0 saturated heterocycles. The molecule has 0 amide bonds. The smallest absolute Gasteiger partial charge is 0.155 e. The molecule has 1 aliphatic carbocycles. The lowest BCUT2D eigenvalue weighted by Gasteiger charge is -2.05. The molecule has 0 bridgehead atoms. The fourth-order valence-electron chi connectivity index (χ4n) is 2.82. The number of aryl methyl sites for hydroxylation is 1. The molecule has 0 aliphatic heterocycles. The standard InChI is InChI=1S/C15H16ClN3O/c1-10-6-7-17-13(8-10)19-15(16)12(9-20)14(18-19)11-4-2-3-5-11/h6-9,11H,2-5H2,1H3. The number of halogens is 1. The topological polar surface area (TPSA) is 47.8 Å². The first-order valence-electron chi connectivity index (χ1n) is 6.87. The number of carbonyl (C=O) groups is 1. The Hall–Kier alpha value is -1.68. The van der Waals surface area contributed by atoms with Gasteiger partial charge in [0.25, 0.3) is 0 Å². The maximum absolute atomic E-state index is 11.4. The van der Waals surface area contributed by atoms with Gasteiger partial charge in [-0.2, -0.15) is 5.10 Å². The van der Waals surface area contributed by atoms with Gasteiger partial charge in [0.05, 0.1) is 11.3 Å². The summed E-state index contributed by atoms with van der Waals surface area (Å²) in [6.07, 6.45) is 7.07. The molecule has 2 heterocycles. The molecule has 4 nitrogen and oxygen atoms in total. The molecule has 1 fully saturated rings. The summed E-state index contributed by atoms with van der Waals surface area (Å²) in [5, 5.41) is 4.93. The minimum absolute atomic E-state index is 0.346. The van der Waals surface area contributed by atoms with Crippen LogP contribution in [0.3, 0.4) is 0 Å². The number of rotatable bonds is 3. The number of aldehydes is 1. The summed E-state index contributed by atoms with van der Waals surface area (Å²) < 4.78 is 1.58. The second-order valence-corrected chi connectivity index (χ2v) is 5.65. The number of hydrogen-bond acceptors (Lipinski definition) is 3. The Balaban J connectivity index is 2.10. The molecule has 0 atom stereocenters.